The molecule has 5 heteroatoms. The van der Waals surface area contributed by atoms with Crippen LogP contribution in [0.2, 0.25) is 0 Å². The van der Waals surface area contributed by atoms with E-state index in [-0.39, 0.29) is 12.0 Å². The molecule has 0 saturated carbocycles. The molecule has 1 aliphatic heterocycles. The quantitative estimate of drug-likeness (QED) is 0.627. The molecule has 18 heavy (non-hydrogen) atoms. The van der Waals surface area contributed by atoms with Gasteiger partial charge in [-0.3, -0.25) is 4.79 Å². The predicted molar refractivity (Wildman–Crippen MR) is 77.3 cm³/mol. The Bertz CT molecular complexity index is 388. The molecule has 0 N–H and O–H groups in total. The number of hydrogen-bond donors (Lipinski definition) is 0. The van der Waals surface area contributed by atoms with Gasteiger partial charge in [0.25, 0.3) is 0 Å². The largest absolute Gasteiger partial charge is 0.374 e. The SMILES string of the molecule is O=C(CSc1ccccc1)N1CCOC(CBr)C1. The number of alkyl halides is 1. The number of morpholine rings is 1. The normalized spacial score (nSPS) is 19.8. The summed E-state index contributed by atoms with van der Waals surface area (Å²) in [5.74, 6) is 0.692. The van der Waals surface area contributed by atoms with Crippen molar-refractivity contribution in [3.05, 3.63) is 30.3 Å². The van der Waals surface area contributed by atoms with E-state index in [0.29, 0.717) is 25.4 Å². The van der Waals surface area contributed by atoms with E-state index in [1.54, 1.807) is 11.8 Å². The molecule has 1 atom stereocenters. The van der Waals surface area contributed by atoms with Gasteiger partial charge in [0, 0.05) is 23.3 Å². The number of thioether (sulfide) groups is 1. The van der Waals surface area contributed by atoms with Crippen LogP contribution in [-0.2, 0) is 9.53 Å². The number of hydrogen-bond acceptors (Lipinski definition) is 3. The molecule has 1 heterocycles. The number of amides is 1. The molecule has 1 aromatic rings. The van der Waals surface area contributed by atoms with Gasteiger partial charge < -0.3 is 9.64 Å². The highest BCUT2D eigenvalue weighted by molar-refractivity contribution is 9.09. The fourth-order valence-electron chi connectivity index (χ4n) is 1.79. The second kappa shape index (κ2) is 7.16. The lowest BCUT2D eigenvalue weighted by Crippen LogP contribution is -2.46. The van der Waals surface area contributed by atoms with Crippen molar-refractivity contribution < 1.29 is 9.53 Å². The molecule has 1 fully saturated rings. The van der Waals surface area contributed by atoms with Crippen LogP contribution < -0.4 is 0 Å². The summed E-state index contributed by atoms with van der Waals surface area (Å²) in [7, 11) is 0. The summed E-state index contributed by atoms with van der Waals surface area (Å²) in [6.45, 7) is 2.04. The molecule has 0 aliphatic carbocycles. The molecular weight excluding hydrogens is 314 g/mol. The first kappa shape index (κ1) is 13.9. The smallest absolute Gasteiger partial charge is 0.233 e. The lowest BCUT2D eigenvalue weighted by atomic mass is 10.3. The van der Waals surface area contributed by atoms with Crippen LogP contribution in [0, 0.1) is 0 Å². The van der Waals surface area contributed by atoms with E-state index in [0.717, 1.165) is 10.2 Å². The first-order valence-corrected chi connectivity index (χ1v) is 8.03. The number of halogens is 1. The van der Waals surface area contributed by atoms with Gasteiger partial charge in [0.1, 0.15) is 0 Å². The highest BCUT2D eigenvalue weighted by Crippen LogP contribution is 2.18. The third kappa shape index (κ3) is 4.00. The molecule has 0 radical (unpaired) electrons. The average molecular weight is 330 g/mol. The first-order valence-electron chi connectivity index (χ1n) is 5.93. The topological polar surface area (TPSA) is 29.5 Å². The predicted octanol–water partition coefficient (Wildman–Crippen LogP) is 2.40. The number of carbonyl (C=O) groups is 1. The fraction of sp³-hybridized carbons (Fsp3) is 0.462. The number of benzene rings is 1. The summed E-state index contributed by atoms with van der Waals surface area (Å²) in [5, 5.41) is 0.780. The molecule has 98 valence electrons. The minimum atomic E-state index is 0.129. The monoisotopic (exact) mass is 329 g/mol. The van der Waals surface area contributed by atoms with Crippen LogP contribution in [0.15, 0.2) is 35.2 Å². The number of rotatable bonds is 4. The number of ether oxygens (including phenoxy) is 1. The minimum Gasteiger partial charge on any atom is -0.374 e. The molecule has 1 saturated heterocycles. The lowest BCUT2D eigenvalue weighted by molar-refractivity contribution is -0.135. The van der Waals surface area contributed by atoms with E-state index in [1.165, 1.54) is 0 Å². The van der Waals surface area contributed by atoms with E-state index >= 15 is 0 Å². The summed E-state index contributed by atoms with van der Waals surface area (Å²) in [6, 6.07) is 10.0. The van der Waals surface area contributed by atoms with Crippen LogP contribution in [-0.4, -0.2) is 47.7 Å². The van der Waals surface area contributed by atoms with Gasteiger partial charge in [-0.25, -0.2) is 0 Å². The van der Waals surface area contributed by atoms with E-state index < -0.39 is 0 Å². The van der Waals surface area contributed by atoms with Crippen LogP contribution in [0.25, 0.3) is 0 Å². The second-order valence-electron chi connectivity index (χ2n) is 4.09. The van der Waals surface area contributed by atoms with Crippen LogP contribution in [0.4, 0.5) is 0 Å². The second-order valence-corrected chi connectivity index (χ2v) is 5.78. The van der Waals surface area contributed by atoms with Crippen molar-refractivity contribution >= 4 is 33.6 Å². The lowest BCUT2D eigenvalue weighted by Gasteiger charge is -2.32. The average Bonchev–Trinajstić information content (AvgIpc) is 2.46. The Labute approximate surface area is 120 Å². The van der Waals surface area contributed by atoms with Crippen LogP contribution >= 0.6 is 27.7 Å². The van der Waals surface area contributed by atoms with E-state index in [9.17, 15) is 4.79 Å². The molecular formula is C13H16BrNO2S. The maximum absolute atomic E-state index is 12.1. The van der Waals surface area contributed by atoms with Gasteiger partial charge in [-0.05, 0) is 12.1 Å². The standard InChI is InChI=1S/C13H16BrNO2S/c14-8-11-9-15(6-7-17-11)13(16)10-18-12-4-2-1-3-5-12/h1-5,11H,6-10H2. The molecule has 0 bridgehead atoms. The van der Waals surface area contributed by atoms with Crippen molar-refractivity contribution in [1.29, 1.82) is 0 Å². The minimum absolute atomic E-state index is 0.129. The van der Waals surface area contributed by atoms with Crippen molar-refractivity contribution in [2.45, 2.75) is 11.0 Å². The van der Waals surface area contributed by atoms with Crippen LogP contribution in [0.1, 0.15) is 0 Å². The Balaban J connectivity index is 1.81. The summed E-state index contributed by atoms with van der Waals surface area (Å²) < 4.78 is 5.52. The zero-order chi connectivity index (χ0) is 12.8. The highest BCUT2D eigenvalue weighted by Gasteiger charge is 2.23. The van der Waals surface area contributed by atoms with E-state index in [4.69, 9.17) is 4.74 Å². The molecule has 0 spiro atoms. The van der Waals surface area contributed by atoms with Crippen LogP contribution in [0.5, 0.6) is 0 Å². The van der Waals surface area contributed by atoms with Gasteiger partial charge in [-0.1, -0.05) is 34.1 Å². The Hall–Kier alpha value is -0.520. The molecule has 0 aromatic heterocycles. The maximum atomic E-state index is 12.1. The maximum Gasteiger partial charge on any atom is 0.233 e. The third-order valence-electron chi connectivity index (χ3n) is 2.77. The molecule has 1 unspecified atom stereocenters. The van der Waals surface area contributed by atoms with Gasteiger partial charge in [0.05, 0.1) is 18.5 Å². The van der Waals surface area contributed by atoms with Gasteiger partial charge in [0.2, 0.25) is 5.91 Å². The highest BCUT2D eigenvalue weighted by atomic mass is 79.9. The summed E-state index contributed by atoms with van der Waals surface area (Å²) in [5.41, 5.74) is 0. The number of carbonyl (C=O) groups excluding carboxylic acids is 1. The number of nitrogens with zero attached hydrogens (tertiary/aromatic N) is 1. The van der Waals surface area contributed by atoms with Crippen molar-refractivity contribution in [3.8, 4) is 0 Å². The van der Waals surface area contributed by atoms with Gasteiger partial charge in [0.15, 0.2) is 0 Å². The van der Waals surface area contributed by atoms with E-state index in [2.05, 4.69) is 15.9 Å². The first-order chi connectivity index (χ1) is 8.79. The van der Waals surface area contributed by atoms with Gasteiger partial charge in [-0.15, -0.1) is 11.8 Å². The molecule has 1 amide bonds. The van der Waals surface area contributed by atoms with Gasteiger partial charge in [-0.2, -0.15) is 0 Å². The molecule has 1 aromatic carbocycles. The molecule has 1 aliphatic rings. The van der Waals surface area contributed by atoms with Gasteiger partial charge >= 0.3 is 0 Å². The summed E-state index contributed by atoms with van der Waals surface area (Å²) >= 11 is 4.98. The summed E-state index contributed by atoms with van der Waals surface area (Å²) in [4.78, 5) is 15.1. The zero-order valence-electron chi connectivity index (χ0n) is 10.0. The molecule has 3 nitrogen and oxygen atoms in total. The zero-order valence-corrected chi connectivity index (χ0v) is 12.5. The summed E-state index contributed by atoms with van der Waals surface area (Å²) in [6.07, 6.45) is 0.129. The van der Waals surface area contributed by atoms with E-state index in [1.807, 2.05) is 35.2 Å². The van der Waals surface area contributed by atoms with Crippen molar-refractivity contribution in [3.63, 3.8) is 0 Å². The van der Waals surface area contributed by atoms with Crippen molar-refractivity contribution in [2.24, 2.45) is 0 Å². The van der Waals surface area contributed by atoms with Crippen molar-refractivity contribution in [1.82, 2.24) is 4.90 Å². The van der Waals surface area contributed by atoms with Crippen LogP contribution in [0.3, 0.4) is 0 Å². The Kier molecular flexibility index (Phi) is 5.53. The Morgan fingerprint density at radius 2 is 2.22 bits per heavy atom. The third-order valence-corrected chi connectivity index (χ3v) is 4.49. The van der Waals surface area contributed by atoms with Crippen molar-refractivity contribution in [2.75, 3.05) is 30.8 Å². The Morgan fingerprint density at radius 3 is 2.94 bits per heavy atom. The fourth-order valence-corrected chi connectivity index (χ4v) is 3.01. The Morgan fingerprint density at radius 1 is 1.44 bits per heavy atom. The molecule has 2 rings (SSSR count).